The second-order valence-electron chi connectivity index (χ2n) is 7.12. The molecule has 1 unspecified atom stereocenters. The first-order valence-electron chi connectivity index (χ1n) is 10.0. The molecule has 0 fully saturated rings. The van der Waals surface area contributed by atoms with Crippen LogP contribution in [0, 0.1) is 0 Å². The quantitative estimate of drug-likeness (QED) is 0.518. The van der Waals surface area contributed by atoms with E-state index < -0.39 is 0 Å². The summed E-state index contributed by atoms with van der Waals surface area (Å²) >= 11 is 0. The molecule has 2 aromatic carbocycles. The zero-order valence-corrected chi connectivity index (χ0v) is 16.5. The maximum atomic E-state index is 12.0. The molecule has 0 bridgehead atoms. The summed E-state index contributed by atoms with van der Waals surface area (Å²) in [6, 6.07) is 14.0. The molecule has 152 valence electrons. The number of aliphatic imine (C=N–C) groups is 1. The van der Waals surface area contributed by atoms with Gasteiger partial charge in [0, 0.05) is 31.1 Å². The molecule has 2 aromatic rings. The number of carbonyl (C=O) groups excluding carboxylic acids is 1. The number of fused-ring (bicyclic) bond motifs is 2. The lowest BCUT2D eigenvalue weighted by molar-refractivity contribution is -0.116. The molecular formula is C22H26N4O3. The molecule has 2 heterocycles. The SMILES string of the molecule is CCNC(=NCC1CC(=O)Nc2ccccc21)NCCc1ccc2c(c1)OCO2. The van der Waals surface area contributed by atoms with Gasteiger partial charge in [0.05, 0.1) is 6.54 Å². The van der Waals surface area contributed by atoms with Crippen LogP contribution in [0.2, 0.25) is 0 Å². The number of ether oxygens (including phenoxy) is 2. The molecule has 4 rings (SSSR count). The Morgan fingerprint density at radius 2 is 2.03 bits per heavy atom. The molecule has 1 atom stereocenters. The number of rotatable bonds is 6. The number of para-hydroxylation sites is 1. The number of hydrogen-bond donors (Lipinski definition) is 3. The summed E-state index contributed by atoms with van der Waals surface area (Å²) in [5.74, 6) is 2.50. The molecule has 1 amide bonds. The molecule has 2 aliphatic rings. The highest BCUT2D eigenvalue weighted by atomic mass is 16.7. The fraction of sp³-hybridized carbons (Fsp3) is 0.364. The average molecular weight is 394 g/mol. The Balaban J connectivity index is 1.36. The lowest BCUT2D eigenvalue weighted by Gasteiger charge is -2.24. The minimum atomic E-state index is 0.0460. The lowest BCUT2D eigenvalue weighted by atomic mass is 9.91. The average Bonchev–Trinajstić information content (AvgIpc) is 3.19. The summed E-state index contributed by atoms with van der Waals surface area (Å²) in [5, 5.41) is 9.59. The van der Waals surface area contributed by atoms with E-state index in [1.165, 1.54) is 5.56 Å². The van der Waals surface area contributed by atoms with Crippen molar-refractivity contribution in [3.8, 4) is 11.5 Å². The van der Waals surface area contributed by atoms with Crippen molar-refractivity contribution < 1.29 is 14.3 Å². The Hall–Kier alpha value is -3.22. The normalized spacial score (nSPS) is 17.5. The number of benzene rings is 2. The summed E-state index contributed by atoms with van der Waals surface area (Å²) in [7, 11) is 0. The first-order chi connectivity index (χ1) is 14.2. The third-order valence-electron chi connectivity index (χ3n) is 5.06. The zero-order valence-electron chi connectivity index (χ0n) is 16.5. The van der Waals surface area contributed by atoms with E-state index in [2.05, 4.69) is 28.1 Å². The number of carbonyl (C=O) groups is 1. The van der Waals surface area contributed by atoms with Crippen molar-refractivity contribution in [1.82, 2.24) is 10.6 Å². The van der Waals surface area contributed by atoms with Crippen LogP contribution in [0.3, 0.4) is 0 Å². The van der Waals surface area contributed by atoms with E-state index >= 15 is 0 Å². The second-order valence-corrected chi connectivity index (χ2v) is 7.12. The van der Waals surface area contributed by atoms with Crippen LogP contribution in [-0.2, 0) is 11.2 Å². The van der Waals surface area contributed by atoms with Crippen molar-refractivity contribution in [1.29, 1.82) is 0 Å². The highest BCUT2D eigenvalue weighted by Crippen LogP contribution is 2.33. The Bertz CT molecular complexity index is 913. The van der Waals surface area contributed by atoms with Gasteiger partial charge in [-0.1, -0.05) is 24.3 Å². The van der Waals surface area contributed by atoms with Crippen LogP contribution >= 0.6 is 0 Å². The van der Waals surface area contributed by atoms with Crippen molar-refractivity contribution in [2.24, 2.45) is 4.99 Å². The Morgan fingerprint density at radius 1 is 1.17 bits per heavy atom. The van der Waals surface area contributed by atoms with E-state index in [1.807, 2.05) is 37.3 Å². The highest BCUT2D eigenvalue weighted by molar-refractivity contribution is 5.94. The molecule has 7 heteroatoms. The largest absolute Gasteiger partial charge is 0.454 e. The maximum Gasteiger partial charge on any atom is 0.231 e. The number of guanidine groups is 1. The van der Waals surface area contributed by atoms with Crippen molar-refractivity contribution in [3.63, 3.8) is 0 Å². The molecule has 2 aliphatic heterocycles. The van der Waals surface area contributed by atoms with Gasteiger partial charge < -0.3 is 25.4 Å². The number of nitrogens with one attached hydrogen (secondary N) is 3. The van der Waals surface area contributed by atoms with Gasteiger partial charge in [-0.3, -0.25) is 9.79 Å². The fourth-order valence-corrected chi connectivity index (χ4v) is 3.63. The molecule has 0 saturated heterocycles. The highest BCUT2D eigenvalue weighted by Gasteiger charge is 2.24. The Morgan fingerprint density at radius 3 is 2.93 bits per heavy atom. The molecule has 29 heavy (non-hydrogen) atoms. The van der Waals surface area contributed by atoms with Gasteiger partial charge in [0.1, 0.15) is 0 Å². The van der Waals surface area contributed by atoms with Gasteiger partial charge in [0.2, 0.25) is 12.7 Å². The van der Waals surface area contributed by atoms with Crippen LogP contribution in [0.15, 0.2) is 47.5 Å². The number of nitrogens with zero attached hydrogens (tertiary/aromatic N) is 1. The molecular weight excluding hydrogens is 368 g/mol. The summed E-state index contributed by atoms with van der Waals surface area (Å²) in [6.45, 7) is 4.41. The standard InChI is InChI=1S/C22H26N4O3/c1-2-23-22(24-10-9-15-7-8-19-20(11-15)29-14-28-19)25-13-16-12-21(27)26-18-6-4-3-5-17(16)18/h3-8,11,16H,2,9-10,12-14H2,1H3,(H,26,27)(H2,23,24,25). The van der Waals surface area contributed by atoms with E-state index in [-0.39, 0.29) is 18.6 Å². The minimum Gasteiger partial charge on any atom is -0.454 e. The van der Waals surface area contributed by atoms with Gasteiger partial charge in [-0.25, -0.2) is 0 Å². The van der Waals surface area contributed by atoms with E-state index in [9.17, 15) is 4.79 Å². The maximum absolute atomic E-state index is 12.0. The number of anilines is 1. The van der Waals surface area contributed by atoms with E-state index in [0.717, 1.165) is 48.2 Å². The van der Waals surface area contributed by atoms with Gasteiger partial charge in [-0.2, -0.15) is 0 Å². The van der Waals surface area contributed by atoms with Gasteiger partial charge in [-0.15, -0.1) is 0 Å². The summed E-state index contributed by atoms with van der Waals surface area (Å²) < 4.78 is 10.8. The molecule has 0 aliphatic carbocycles. The van der Waals surface area contributed by atoms with Crippen LogP contribution in [0.1, 0.15) is 30.4 Å². The monoisotopic (exact) mass is 394 g/mol. The summed E-state index contributed by atoms with van der Waals surface area (Å²) in [4.78, 5) is 16.7. The van der Waals surface area contributed by atoms with Crippen LogP contribution < -0.4 is 25.4 Å². The molecule has 3 N–H and O–H groups in total. The second kappa shape index (κ2) is 8.86. The van der Waals surface area contributed by atoms with Crippen LogP contribution in [0.4, 0.5) is 5.69 Å². The molecule has 7 nitrogen and oxygen atoms in total. The topological polar surface area (TPSA) is 84.0 Å². The van der Waals surface area contributed by atoms with Crippen LogP contribution in [-0.4, -0.2) is 38.3 Å². The van der Waals surface area contributed by atoms with Crippen molar-refractivity contribution in [3.05, 3.63) is 53.6 Å². The zero-order chi connectivity index (χ0) is 20.1. The first kappa shape index (κ1) is 19.1. The third kappa shape index (κ3) is 4.62. The smallest absolute Gasteiger partial charge is 0.231 e. The van der Waals surface area contributed by atoms with Gasteiger partial charge in [-0.05, 0) is 42.7 Å². The van der Waals surface area contributed by atoms with Crippen LogP contribution in [0.25, 0.3) is 0 Å². The lowest BCUT2D eigenvalue weighted by Crippen LogP contribution is -2.38. The number of amides is 1. The summed E-state index contributed by atoms with van der Waals surface area (Å²) in [5.41, 5.74) is 3.22. The van der Waals surface area contributed by atoms with Gasteiger partial charge in [0.25, 0.3) is 0 Å². The number of hydrogen-bond acceptors (Lipinski definition) is 4. The fourth-order valence-electron chi connectivity index (χ4n) is 3.63. The minimum absolute atomic E-state index is 0.0460. The van der Waals surface area contributed by atoms with Crippen molar-refractivity contribution >= 4 is 17.6 Å². The van der Waals surface area contributed by atoms with Crippen molar-refractivity contribution in [2.75, 3.05) is 31.7 Å². The molecule has 0 spiro atoms. The third-order valence-corrected chi connectivity index (χ3v) is 5.06. The molecule has 0 aromatic heterocycles. The summed E-state index contributed by atoms with van der Waals surface area (Å²) in [6.07, 6.45) is 1.30. The van der Waals surface area contributed by atoms with Crippen LogP contribution in [0.5, 0.6) is 11.5 Å². The van der Waals surface area contributed by atoms with E-state index in [1.54, 1.807) is 0 Å². The Labute approximate surface area is 170 Å². The van der Waals surface area contributed by atoms with Crippen molar-refractivity contribution in [2.45, 2.75) is 25.7 Å². The molecule has 0 radical (unpaired) electrons. The Kier molecular flexibility index (Phi) is 5.84. The predicted octanol–water partition coefficient (Wildman–Crippen LogP) is 2.64. The van der Waals surface area contributed by atoms with E-state index in [0.29, 0.717) is 13.0 Å². The molecule has 0 saturated carbocycles. The van der Waals surface area contributed by atoms with E-state index in [4.69, 9.17) is 14.5 Å². The first-order valence-corrected chi connectivity index (χ1v) is 10.0. The predicted molar refractivity (Wildman–Crippen MR) is 113 cm³/mol. The van der Waals surface area contributed by atoms with Gasteiger partial charge >= 0.3 is 0 Å². The van der Waals surface area contributed by atoms with Gasteiger partial charge in [0.15, 0.2) is 17.5 Å².